The minimum atomic E-state index is -0.420. The quantitative estimate of drug-likeness (QED) is 0.780. The number of hydrogen-bond donors (Lipinski definition) is 0. The van der Waals surface area contributed by atoms with E-state index in [2.05, 4.69) is 24.1 Å². The second kappa shape index (κ2) is 7.72. The smallest absolute Gasteiger partial charge is 0.227 e. The van der Waals surface area contributed by atoms with Crippen LogP contribution >= 0.6 is 11.6 Å². The van der Waals surface area contributed by atoms with Crippen LogP contribution in [-0.2, 0) is 11.2 Å². The summed E-state index contributed by atoms with van der Waals surface area (Å²) in [5.74, 6) is 1.16. The number of ether oxygens (including phenoxy) is 1. The van der Waals surface area contributed by atoms with Crippen LogP contribution in [0.3, 0.4) is 0 Å². The summed E-state index contributed by atoms with van der Waals surface area (Å²) in [6.45, 7) is 2.36. The zero-order valence-electron chi connectivity index (χ0n) is 16.1. The Morgan fingerprint density at radius 2 is 1.93 bits per heavy atom. The Kier molecular flexibility index (Phi) is 5.30. The van der Waals surface area contributed by atoms with Gasteiger partial charge in [0, 0.05) is 42.2 Å². The van der Waals surface area contributed by atoms with Gasteiger partial charge in [-0.25, -0.2) is 4.39 Å². The van der Waals surface area contributed by atoms with Crippen LogP contribution in [-0.4, -0.2) is 49.5 Å². The molecular weight excluding hydrogens is 379 g/mol. The van der Waals surface area contributed by atoms with Gasteiger partial charge in [-0.3, -0.25) is 9.69 Å². The number of likely N-dealkylation sites (tertiary alicyclic amines) is 2. The van der Waals surface area contributed by atoms with E-state index in [1.807, 2.05) is 17.0 Å². The van der Waals surface area contributed by atoms with E-state index >= 15 is 0 Å². The molecule has 1 amide bonds. The fourth-order valence-corrected chi connectivity index (χ4v) is 4.96. The standard InChI is InChI=1S/C22H24ClFN2O2/c1-25-11-15-12-26(21(27)10-17-19(23)4-3-5-20(17)24)13-18(15)22(25)14-6-8-16(28-2)9-7-14/h3-9,15,18,22H,10-13H2,1-2H3/t15-,18+,22-/m0/s1. The zero-order chi connectivity index (χ0) is 19.8. The van der Waals surface area contributed by atoms with E-state index in [4.69, 9.17) is 16.3 Å². The normalized spacial score (nSPS) is 24.4. The Hall–Kier alpha value is -2.11. The molecule has 0 radical (unpaired) electrons. The number of halogens is 2. The molecule has 4 rings (SSSR count). The van der Waals surface area contributed by atoms with Gasteiger partial charge in [-0.2, -0.15) is 0 Å². The van der Waals surface area contributed by atoms with Crippen molar-refractivity contribution in [3.63, 3.8) is 0 Å². The zero-order valence-corrected chi connectivity index (χ0v) is 16.8. The predicted molar refractivity (Wildman–Crippen MR) is 107 cm³/mol. The first kappa shape index (κ1) is 19.2. The third kappa shape index (κ3) is 3.49. The highest BCUT2D eigenvalue weighted by atomic mass is 35.5. The summed E-state index contributed by atoms with van der Waals surface area (Å²) in [4.78, 5) is 17.1. The summed E-state index contributed by atoms with van der Waals surface area (Å²) in [6, 6.07) is 13.0. The van der Waals surface area contributed by atoms with Crippen LogP contribution in [0.25, 0.3) is 0 Å². The van der Waals surface area contributed by atoms with Gasteiger partial charge in [0.15, 0.2) is 0 Å². The molecule has 2 aromatic carbocycles. The summed E-state index contributed by atoms with van der Waals surface area (Å²) < 4.78 is 19.3. The van der Waals surface area contributed by atoms with Crippen molar-refractivity contribution in [1.82, 2.24) is 9.80 Å². The Morgan fingerprint density at radius 1 is 1.18 bits per heavy atom. The SMILES string of the molecule is COc1ccc([C@H]2[C@@H]3CN(C(=O)Cc4c(F)cccc4Cl)C[C@@H]3CN2C)cc1. The Balaban J connectivity index is 1.48. The lowest BCUT2D eigenvalue weighted by Crippen LogP contribution is -2.34. The Bertz CT molecular complexity index is 853. The monoisotopic (exact) mass is 402 g/mol. The molecule has 2 aliphatic heterocycles. The first-order valence-electron chi connectivity index (χ1n) is 9.52. The largest absolute Gasteiger partial charge is 0.497 e. The van der Waals surface area contributed by atoms with Crippen LogP contribution in [0.5, 0.6) is 5.75 Å². The first-order chi connectivity index (χ1) is 13.5. The molecule has 0 saturated carbocycles. The average Bonchev–Trinajstić information content (AvgIpc) is 3.21. The maximum atomic E-state index is 14.1. The Morgan fingerprint density at radius 3 is 2.61 bits per heavy atom. The number of rotatable bonds is 4. The topological polar surface area (TPSA) is 32.8 Å². The average molecular weight is 403 g/mol. The maximum Gasteiger partial charge on any atom is 0.227 e. The third-order valence-corrected chi connectivity index (χ3v) is 6.45. The van der Waals surface area contributed by atoms with Gasteiger partial charge in [0.1, 0.15) is 11.6 Å². The molecule has 0 aromatic heterocycles. The second-order valence-electron chi connectivity index (χ2n) is 7.76. The third-order valence-electron chi connectivity index (χ3n) is 6.09. The van der Waals surface area contributed by atoms with E-state index < -0.39 is 5.82 Å². The van der Waals surface area contributed by atoms with Gasteiger partial charge in [0.05, 0.1) is 13.5 Å². The molecular formula is C22H24ClFN2O2. The van der Waals surface area contributed by atoms with E-state index in [1.54, 1.807) is 19.2 Å². The lowest BCUT2D eigenvalue weighted by Gasteiger charge is -2.27. The molecule has 28 heavy (non-hydrogen) atoms. The molecule has 3 atom stereocenters. The first-order valence-corrected chi connectivity index (χ1v) is 9.90. The summed E-state index contributed by atoms with van der Waals surface area (Å²) >= 11 is 6.10. The number of hydrogen-bond acceptors (Lipinski definition) is 3. The Labute approximate surface area is 169 Å². The number of carbonyl (C=O) groups is 1. The van der Waals surface area contributed by atoms with Crippen molar-refractivity contribution in [3.05, 3.63) is 64.4 Å². The maximum absolute atomic E-state index is 14.1. The molecule has 2 heterocycles. The predicted octanol–water partition coefficient (Wildman–Crippen LogP) is 3.79. The van der Waals surface area contributed by atoms with Crippen LogP contribution in [0.4, 0.5) is 4.39 Å². The van der Waals surface area contributed by atoms with Gasteiger partial charge < -0.3 is 9.64 Å². The second-order valence-corrected chi connectivity index (χ2v) is 8.16. The minimum absolute atomic E-state index is 0.00793. The highest BCUT2D eigenvalue weighted by Crippen LogP contribution is 2.44. The molecule has 0 spiro atoms. The molecule has 4 nitrogen and oxygen atoms in total. The van der Waals surface area contributed by atoms with Crippen LogP contribution in [0.2, 0.25) is 5.02 Å². The number of carbonyl (C=O) groups excluding carboxylic acids is 1. The number of fused-ring (bicyclic) bond motifs is 1. The lowest BCUT2D eigenvalue weighted by molar-refractivity contribution is -0.129. The highest BCUT2D eigenvalue weighted by molar-refractivity contribution is 6.31. The van der Waals surface area contributed by atoms with Crippen molar-refractivity contribution in [2.24, 2.45) is 11.8 Å². The lowest BCUT2D eigenvalue weighted by atomic mass is 9.89. The van der Waals surface area contributed by atoms with Crippen molar-refractivity contribution in [2.75, 3.05) is 33.8 Å². The van der Waals surface area contributed by atoms with Gasteiger partial charge in [0.2, 0.25) is 5.91 Å². The van der Waals surface area contributed by atoms with Crippen LogP contribution < -0.4 is 4.74 Å². The number of methoxy groups -OCH3 is 1. The number of benzene rings is 2. The number of nitrogens with zero attached hydrogens (tertiary/aromatic N) is 2. The van der Waals surface area contributed by atoms with Gasteiger partial charge in [0.25, 0.3) is 0 Å². The van der Waals surface area contributed by atoms with E-state index in [-0.39, 0.29) is 23.9 Å². The van der Waals surface area contributed by atoms with Crippen LogP contribution in [0.1, 0.15) is 17.2 Å². The molecule has 2 saturated heterocycles. The summed E-state index contributed by atoms with van der Waals surface area (Å²) in [5, 5.41) is 0.309. The molecule has 0 unspecified atom stereocenters. The fourth-order valence-electron chi connectivity index (χ4n) is 4.73. The van der Waals surface area contributed by atoms with Crippen molar-refractivity contribution in [3.8, 4) is 5.75 Å². The fraction of sp³-hybridized carbons (Fsp3) is 0.409. The molecule has 0 aliphatic carbocycles. The van der Waals surface area contributed by atoms with E-state index in [9.17, 15) is 9.18 Å². The molecule has 2 aliphatic rings. The van der Waals surface area contributed by atoms with Crippen LogP contribution in [0, 0.1) is 17.7 Å². The van der Waals surface area contributed by atoms with Gasteiger partial charge >= 0.3 is 0 Å². The molecule has 6 heteroatoms. The molecule has 148 valence electrons. The van der Waals surface area contributed by atoms with E-state index in [0.29, 0.717) is 29.9 Å². The molecule has 2 aromatic rings. The van der Waals surface area contributed by atoms with Gasteiger partial charge in [-0.05, 0) is 42.8 Å². The molecule has 0 bridgehead atoms. The van der Waals surface area contributed by atoms with Crippen molar-refractivity contribution in [2.45, 2.75) is 12.5 Å². The highest BCUT2D eigenvalue weighted by Gasteiger charge is 2.47. The number of amides is 1. The van der Waals surface area contributed by atoms with Crippen LogP contribution in [0.15, 0.2) is 42.5 Å². The molecule has 0 N–H and O–H groups in total. The molecule has 2 fully saturated rings. The summed E-state index contributed by atoms with van der Waals surface area (Å²) in [7, 11) is 3.80. The van der Waals surface area contributed by atoms with Gasteiger partial charge in [-0.15, -0.1) is 0 Å². The van der Waals surface area contributed by atoms with Crippen molar-refractivity contribution >= 4 is 17.5 Å². The summed E-state index contributed by atoms with van der Waals surface area (Å²) in [6.07, 6.45) is 0.00793. The summed E-state index contributed by atoms with van der Waals surface area (Å²) in [5.41, 5.74) is 1.53. The van der Waals surface area contributed by atoms with Gasteiger partial charge in [-0.1, -0.05) is 29.8 Å². The van der Waals surface area contributed by atoms with Crippen molar-refractivity contribution in [1.29, 1.82) is 0 Å². The minimum Gasteiger partial charge on any atom is -0.497 e. The van der Waals surface area contributed by atoms with Crippen molar-refractivity contribution < 1.29 is 13.9 Å². The van der Waals surface area contributed by atoms with E-state index in [1.165, 1.54) is 11.6 Å². The van der Waals surface area contributed by atoms with E-state index in [0.717, 1.165) is 12.3 Å².